The fourth-order valence-electron chi connectivity index (χ4n) is 5.05. The van der Waals surface area contributed by atoms with Gasteiger partial charge in [0.25, 0.3) is 5.91 Å². The van der Waals surface area contributed by atoms with E-state index in [1.165, 1.54) is 51.2 Å². The predicted molar refractivity (Wildman–Crippen MR) is 166 cm³/mol. The van der Waals surface area contributed by atoms with E-state index in [0.29, 0.717) is 24.2 Å². The summed E-state index contributed by atoms with van der Waals surface area (Å²) in [6.07, 6.45) is 1.53. The minimum Gasteiger partial charge on any atom is -0.493 e. The molecule has 0 bridgehead atoms. The van der Waals surface area contributed by atoms with Gasteiger partial charge < -0.3 is 33.7 Å². The number of Topliss-reactive ketones (excluding diaryl/α,β-unsaturated/α-hetero) is 1. The number of rotatable bonds is 16. The normalized spacial score (nSPS) is 15.2. The van der Waals surface area contributed by atoms with Crippen LogP contribution < -0.4 is 14.2 Å². The smallest absolute Gasteiger partial charge is 0.341 e. The molecule has 1 heterocycles. The number of carbonyl (C=O) groups excluding carboxylic acids is 4. The van der Waals surface area contributed by atoms with Crippen molar-refractivity contribution in [1.29, 1.82) is 0 Å². The van der Waals surface area contributed by atoms with Crippen LogP contribution in [0, 0.1) is 11.2 Å². The summed E-state index contributed by atoms with van der Waals surface area (Å²) >= 11 is 0. The quantitative estimate of drug-likeness (QED) is 0.157. The Labute approximate surface area is 272 Å². The maximum Gasteiger partial charge on any atom is 0.341 e. The zero-order valence-corrected chi connectivity index (χ0v) is 26.9. The van der Waals surface area contributed by atoms with Gasteiger partial charge >= 0.3 is 17.9 Å². The monoisotopic (exact) mass is 657 g/mol. The molecule has 1 aliphatic heterocycles. The average molecular weight is 658 g/mol. The van der Waals surface area contributed by atoms with Gasteiger partial charge in [-0.25, -0.2) is 18.8 Å². The summed E-state index contributed by atoms with van der Waals surface area (Å²) in [5.41, 5.74) is -0.664. The molecule has 0 spiro atoms. The molecule has 47 heavy (non-hydrogen) atoms. The molecule has 1 unspecified atom stereocenters. The lowest BCUT2D eigenvalue weighted by molar-refractivity contribution is -0.165. The molecule has 1 fully saturated rings. The van der Waals surface area contributed by atoms with Crippen molar-refractivity contribution in [3.8, 4) is 17.2 Å². The van der Waals surface area contributed by atoms with Crippen molar-refractivity contribution in [3.05, 3.63) is 66.0 Å². The van der Waals surface area contributed by atoms with E-state index in [0.717, 1.165) is 6.08 Å². The van der Waals surface area contributed by atoms with Gasteiger partial charge in [-0.3, -0.25) is 9.59 Å². The number of carbonyl (C=O) groups is 5. The highest BCUT2D eigenvalue weighted by Crippen LogP contribution is 2.34. The number of aryl methyl sites for hydroxylation is 1. The molecule has 254 valence electrons. The van der Waals surface area contributed by atoms with E-state index in [4.69, 9.17) is 28.8 Å². The average Bonchev–Trinajstić information content (AvgIpc) is 3.07. The molecule has 1 saturated heterocycles. The standard InChI is InChI=1S/C34H40FNO11/c1-6-30(39)46-20-34(2,3)31(40)32(41)36-15-8-7-12-25(36)33(42)47-26(22-10-9-11-23(16-22)45-19-29(37)38)14-13-21-17-27(43-4)28(44-5)18-24(21)35/h6,9-11,16-18,25-26H,1,7-8,12-15,19-20H2,2-5H3,(H,37,38)/t25?,26-/m1/s1. The van der Waals surface area contributed by atoms with E-state index in [9.17, 15) is 24.0 Å². The minimum atomic E-state index is -1.37. The second-order valence-corrected chi connectivity index (χ2v) is 11.6. The minimum absolute atomic E-state index is 0.0851. The molecule has 1 N–H and O–H groups in total. The van der Waals surface area contributed by atoms with Crippen molar-refractivity contribution in [2.45, 2.75) is 58.1 Å². The Morgan fingerprint density at radius 3 is 2.45 bits per heavy atom. The molecule has 12 nitrogen and oxygen atoms in total. The Balaban J connectivity index is 1.88. The zero-order valence-electron chi connectivity index (χ0n) is 26.9. The summed E-state index contributed by atoms with van der Waals surface area (Å²) in [5.74, 6) is -4.26. The molecule has 3 rings (SSSR count). The molecular formula is C34H40FNO11. The Morgan fingerprint density at radius 2 is 1.79 bits per heavy atom. The molecule has 0 aliphatic carbocycles. The Bertz CT molecular complexity index is 1490. The lowest BCUT2D eigenvalue weighted by atomic mass is 9.87. The molecule has 13 heteroatoms. The number of benzene rings is 2. The number of carboxylic acids is 1. The van der Waals surface area contributed by atoms with Crippen molar-refractivity contribution in [3.63, 3.8) is 0 Å². The van der Waals surface area contributed by atoms with Crippen LogP contribution in [0.4, 0.5) is 4.39 Å². The molecule has 2 aromatic carbocycles. The van der Waals surface area contributed by atoms with Crippen molar-refractivity contribution in [1.82, 2.24) is 4.90 Å². The number of amides is 1. The maximum absolute atomic E-state index is 15.0. The molecule has 1 amide bonds. The van der Waals surface area contributed by atoms with E-state index in [2.05, 4.69) is 6.58 Å². The van der Waals surface area contributed by atoms with Gasteiger partial charge in [0.15, 0.2) is 18.1 Å². The van der Waals surface area contributed by atoms with Gasteiger partial charge in [0.05, 0.1) is 19.6 Å². The van der Waals surface area contributed by atoms with E-state index in [-0.39, 0.29) is 49.5 Å². The topological polar surface area (TPSA) is 155 Å². The highest BCUT2D eigenvalue weighted by molar-refractivity contribution is 6.38. The second kappa shape index (κ2) is 16.6. The fourth-order valence-corrected chi connectivity index (χ4v) is 5.05. The number of nitrogens with zero attached hydrogens (tertiary/aromatic N) is 1. The number of carboxylic acid groups (broad SMARTS) is 1. The van der Waals surface area contributed by atoms with E-state index >= 15 is 4.39 Å². The van der Waals surface area contributed by atoms with Crippen LogP contribution >= 0.6 is 0 Å². The van der Waals surface area contributed by atoms with E-state index < -0.39 is 59.6 Å². The summed E-state index contributed by atoms with van der Waals surface area (Å²) in [5, 5.41) is 9.03. The SMILES string of the molecule is C=CC(=O)OCC(C)(C)C(=O)C(=O)N1CCCCC1C(=O)O[C@H](CCc1cc(OC)c(OC)cc1F)c1cccc(OCC(=O)O)c1. The van der Waals surface area contributed by atoms with E-state index in [1.54, 1.807) is 18.2 Å². The third-order valence-corrected chi connectivity index (χ3v) is 7.67. The third-order valence-electron chi connectivity index (χ3n) is 7.67. The first-order valence-corrected chi connectivity index (χ1v) is 15.0. The number of aliphatic carboxylic acids is 1. The lowest BCUT2D eigenvalue weighted by Crippen LogP contribution is -2.53. The maximum atomic E-state index is 15.0. The second-order valence-electron chi connectivity index (χ2n) is 11.6. The number of ether oxygens (including phenoxy) is 5. The number of hydrogen-bond acceptors (Lipinski definition) is 10. The molecular weight excluding hydrogens is 617 g/mol. The predicted octanol–water partition coefficient (Wildman–Crippen LogP) is 4.23. The highest BCUT2D eigenvalue weighted by Gasteiger charge is 2.42. The third kappa shape index (κ3) is 9.77. The number of halogens is 1. The summed E-state index contributed by atoms with van der Waals surface area (Å²) in [7, 11) is 2.81. The van der Waals surface area contributed by atoms with Gasteiger partial charge in [-0.05, 0) is 75.3 Å². The van der Waals surface area contributed by atoms with Crippen LogP contribution in [0.5, 0.6) is 17.2 Å². The van der Waals surface area contributed by atoms with Crippen molar-refractivity contribution in [2.75, 3.05) is 34.0 Å². The zero-order chi connectivity index (χ0) is 34.7. The van der Waals surface area contributed by atoms with Gasteiger partial charge in [0.2, 0.25) is 5.78 Å². The number of methoxy groups -OCH3 is 2. The number of piperidine rings is 1. The largest absolute Gasteiger partial charge is 0.493 e. The number of ketones is 1. The molecule has 2 aromatic rings. The van der Waals surface area contributed by atoms with Gasteiger partial charge in [-0.2, -0.15) is 0 Å². The van der Waals surface area contributed by atoms with Crippen LogP contribution in [0.1, 0.15) is 56.8 Å². The van der Waals surface area contributed by atoms with Crippen LogP contribution in [0.15, 0.2) is 49.1 Å². The first-order chi connectivity index (χ1) is 22.3. The van der Waals surface area contributed by atoms with Crippen molar-refractivity contribution < 1.29 is 57.2 Å². The summed E-state index contributed by atoms with van der Waals surface area (Å²) < 4.78 is 41.8. The van der Waals surface area contributed by atoms with Gasteiger partial charge in [-0.15, -0.1) is 0 Å². The van der Waals surface area contributed by atoms with Gasteiger partial charge in [0.1, 0.15) is 30.3 Å². The Kier molecular flexibility index (Phi) is 12.9. The van der Waals surface area contributed by atoms with Crippen LogP contribution in [0.2, 0.25) is 0 Å². The molecule has 1 aliphatic rings. The van der Waals surface area contributed by atoms with Crippen molar-refractivity contribution >= 4 is 29.6 Å². The summed E-state index contributed by atoms with van der Waals surface area (Å²) in [4.78, 5) is 64.2. The summed E-state index contributed by atoms with van der Waals surface area (Å²) in [6.45, 7) is 5.41. The molecule has 0 aromatic heterocycles. The molecule has 2 atom stereocenters. The lowest BCUT2D eigenvalue weighted by Gasteiger charge is -2.36. The van der Waals surface area contributed by atoms with Crippen LogP contribution in [0.3, 0.4) is 0 Å². The Morgan fingerprint density at radius 1 is 1.09 bits per heavy atom. The van der Waals surface area contributed by atoms with Crippen LogP contribution in [0.25, 0.3) is 0 Å². The van der Waals surface area contributed by atoms with Crippen LogP contribution in [-0.2, 0) is 39.9 Å². The first-order valence-electron chi connectivity index (χ1n) is 15.0. The number of likely N-dealkylation sites (tertiary alicyclic amines) is 1. The van der Waals surface area contributed by atoms with Gasteiger partial charge in [-0.1, -0.05) is 18.7 Å². The first kappa shape index (κ1) is 36.5. The van der Waals surface area contributed by atoms with E-state index in [1.807, 2.05) is 0 Å². The summed E-state index contributed by atoms with van der Waals surface area (Å²) in [6, 6.07) is 7.90. The molecule has 0 saturated carbocycles. The van der Waals surface area contributed by atoms with Crippen LogP contribution in [-0.4, -0.2) is 79.6 Å². The highest BCUT2D eigenvalue weighted by atomic mass is 19.1. The number of hydrogen-bond donors (Lipinski definition) is 1. The fraction of sp³-hybridized carbons (Fsp3) is 0.441. The Hall–Kier alpha value is -4.94. The van der Waals surface area contributed by atoms with Gasteiger partial charge in [0, 0.05) is 18.7 Å². The van der Waals surface area contributed by atoms with Crippen molar-refractivity contribution in [2.24, 2.45) is 5.41 Å². The number of esters is 2. The molecule has 0 radical (unpaired) electrons.